The van der Waals surface area contributed by atoms with Crippen LogP contribution in [0.5, 0.6) is 5.75 Å². The van der Waals surface area contributed by atoms with Gasteiger partial charge >= 0.3 is 0 Å². The van der Waals surface area contributed by atoms with Crippen LogP contribution in [-0.2, 0) is 18.6 Å². The Hall–Kier alpha value is -3.36. The van der Waals surface area contributed by atoms with Crippen LogP contribution < -0.4 is 10.6 Å². The van der Waals surface area contributed by atoms with E-state index in [4.69, 9.17) is 4.98 Å². The van der Waals surface area contributed by atoms with Crippen molar-refractivity contribution in [2.24, 2.45) is 0 Å². The van der Waals surface area contributed by atoms with Crippen LogP contribution in [0.3, 0.4) is 0 Å². The average Bonchev–Trinajstić information content (AvgIpc) is 3.29. The van der Waals surface area contributed by atoms with Gasteiger partial charge in [-0.25, -0.2) is 4.98 Å². The second-order valence-electron chi connectivity index (χ2n) is 9.97. The van der Waals surface area contributed by atoms with Gasteiger partial charge in [0.25, 0.3) is 5.91 Å². The van der Waals surface area contributed by atoms with Gasteiger partial charge in [-0.2, -0.15) is 0 Å². The van der Waals surface area contributed by atoms with E-state index in [-0.39, 0.29) is 17.2 Å². The monoisotopic (exact) mass is 460 g/mol. The number of carbonyl (C=O) groups excluding carboxylic acids is 1. The number of aryl methyl sites for hydroxylation is 1. The smallest absolute Gasteiger partial charge is 0.258 e. The first-order chi connectivity index (χ1) is 16.3. The summed E-state index contributed by atoms with van der Waals surface area (Å²) in [5.74, 6) is 0.618. The highest BCUT2D eigenvalue weighted by Gasteiger charge is 2.31. The number of carbonyl (C=O) groups is 1. The van der Waals surface area contributed by atoms with E-state index < -0.39 is 0 Å². The lowest BCUT2D eigenvalue weighted by Gasteiger charge is -2.34. The van der Waals surface area contributed by atoms with E-state index in [1.165, 1.54) is 0 Å². The van der Waals surface area contributed by atoms with Crippen LogP contribution in [0.2, 0.25) is 0 Å². The van der Waals surface area contributed by atoms with Crippen molar-refractivity contribution in [3.8, 4) is 5.75 Å². The van der Waals surface area contributed by atoms with Gasteiger partial charge in [-0.3, -0.25) is 10.1 Å². The van der Waals surface area contributed by atoms with E-state index in [0.29, 0.717) is 18.1 Å². The molecule has 8 heteroatoms. The number of benzene rings is 2. The van der Waals surface area contributed by atoms with E-state index in [1.807, 2.05) is 36.4 Å². The summed E-state index contributed by atoms with van der Waals surface area (Å²) in [6.07, 6.45) is 0.945. The highest BCUT2D eigenvalue weighted by atomic mass is 16.3. The van der Waals surface area contributed by atoms with E-state index in [2.05, 4.69) is 52.6 Å². The Bertz CT molecular complexity index is 1380. The summed E-state index contributed by atoms with van der Waals surface area (Å²) >= 11 is 0. The number of imidazole rings is 1. The minimum Gasteiger partial charge on any atom is -0.505 e. The van der Waals surface area contributed by atoms with Crippen molar-refractivity contribution in [3.63, 3.8) is 0 Å². The molecule has 0 radical (unpaired) electrons. The maximum absolute atomic E-state index is 13.3. The maximum atomic E-state index is 13.3. The van der Waals surface area contributed by atoms with E-state index in [1.54, 1.807) is 6.07 Å². The quantitative estimate of drug-likeness (QED) is 0.408. The van der Waals surface area contributed by atoms with Crippen LogP contribution in [0, 0.1) is 0 Å². The topological polar surface area (TPSA) is 87.3 Å². The standard InChI is InChI=1S/C26H32N6O2/c1-26(2)16-27-15-22-23(33)18-11-10-17(14-21(18)32(22)26)24(34)29-25-28-19-8-5-6-9-20(19)31(25)13-7-12-30(3)4/h5-6,8-11,14,27,33H,7,12-13,15-16H2,1-4H3,(H,28,29,34). The van der Waals surface area contributed by atoms with E-state index in [0.717, 1.165) is 53.7 Å². The number of nitrogens with zero attached hydrogens (tertiary/aromatic N) is 4. The van der Waals surface area contributed by atoms with Crippen LogP contribution in [0.4, 0.5) is 5.95 Å². The number of hydrogen-bond acceptors (Lipinski definition) is 5. The molecule has 0 aliphatic carbocycles. The van der Waals surface area contributed by atoms with Crippen molar-refractivity contribution in [1.29, 1.82) is 0 Å². The summed E-state index contributed by atoms with van der Waals surface area (Å²) in [7, 11) is 4.11. The predicted molar refractivity (Wildman–Crippen MR) is 135 cm³/mol. The fourth-order valence-corrected chi connectivity index (χ4v) is 5.00. The summed E-state index contributed by atoms with van der Waals surface area (Å²) in [5, 5.41) is 18.0. The summed E-state index contributed by atoms with van der Waals surface area (Å²) < 4.78 is 4.23. The first kappa shape index (κ1) is 22.4. The maximum Gasteiger partial charge on any atom is 0.258 e. The summed E-state index contributed by atoms with van der Waals surface area (Å²) in [5.41, 5.74) is 3.90. The molecule has 0 fully saturated rings. The van der Waals surface area contributed by atoms with Gasteiger partial charge in [0.15, 0.2) is 0 Å². The Kier molecular flexibility index (Phi) is 5.58. The number of aromatic hydroxyl groups is 1. The lowest BCUT2D eigenvalue weighted by atomic mass is 10.0. The van der Waals surface area contributed by atoms with Crippen molar-refractivity contribution in [1.82, 2.24) is 24.3 Å². The Labute approximate surface area is 199 Å². The van der Waals surface area contributed by atoms with Crippen molar-refractivity contribution >= 4 is 33.8 Å². The van der Waals surface area contributed by atoms with Crippen LogP contribution >= 0.6 is 0 Å². The molecular weight excluding hydrogens is 428 g/mol. The third-order valence-electron chi connectivity index (χ3n) is 6.62. The van der Waals surface area contributed by atoms with E-state index >= 15 is 0 Å². The molecule has 0 saturated heterocycles. The molecule has 178 valence electrons. The number of para-hydroxylation sites is 2. The fraction of sp³-hybridized carbons (Fsp3) is 0.385. The van der Waals surface area contributed by atoms with Crippen molar-refractivity contribution < 1.29 is 9.90 Å². The number of hydrogen-bond donors (Lipinski definition) is 3. The normalized spacial score (nSPS) is 15.2. The Morgan fingerprint density at radius 3 is 2.79 bits per heavy atom. The zero-order chi connectivity index (χ0) is 24.0. The molecule has 34 heavy (non-hydrogen) atoms. The van der Waals surface area contributed by atoms with Crippen molar-refractivity contribution in [2.45, 2.75) is 38.9 Å². The molecule has 0 atom stereocenters. The van der Waals surface area contributed by atoms with Crippen LogP contribution in [0.1, 0.15) is 36.3 Å². The summed E-state index contributed by atoms with van der Waals surface area (Å²) in [4.78, 5) is 20.2. The molecular formula is C26H32N6O2. The molecule has 3 N–H and O–H groups in total. The van der Waals surface area contributed by atoms with Crippen molar-refractivity contribution in [2.75, 3.05) is 32.5 Å². The fourth-order valence-electron chi connectivity index (χ4n) is 5.00. The van der Waals surface area contributed by atoms with Gasteiger partial charge in [0, 0.05) is 30.6 Å². The number of amides is 1. The molecule has 2 aromatic heterocycles. The molecule has 0 unspecified atom stereocenters. The SMILES string of the molecule is CN(C)CCCn1c(NC(=O)c2ccc3c(O)c4n(c3c2)C(C)(C)CNC4)nc2ccccc21. The molecule has 0 saturated carbocycles. The lowest BCUT2D eigenvalue weighted by Crippen LogP contribution is -2.43. The van der Waals surface area contributed by atoms with Gasteiger partial charge in [-0.1, -0.05) is 12.1 Å². The molecule has 4 aromatic rings. The third kappa shape index (κ3) is 3.82. The highest BCUT2D eigenvalue weighted by molar-refractivity contribution is 6.06. The molecule has 1 aliphatic rings. The summed E-state index contributed by atoms with van der Waals surface area (Å²) in [6.45, 7) is 7.35. The molecule has 3 heterocycles. The van der Waals surface area contributed by atoms with Crippen LogP contribution in [0.25, 0.3) is 21.9 Å². The Morgan fingerprint density at radius 2 is 2.00 bits per heavy atom. The number of rotatable bonds is 6. The summed E-state index contributed by atoms with van der Waals surface area (Å²) in [6, 6.07) is 13.4. The second kappa shape index (κ2) is 8.45. The van der Waals surface area contributed by atoms with Gasteiger partial charge in [0.2, 0.25) is 5.95 Å². The first-order valence-corrected chi connectivity index (χ1v) is 11.7. The minimum atomic E-state index is -0.220. The molecule has 5 rings (SSSR count). The van der Waals surface area contributed by atoms with Crippen LogP contribution in [0.15, 0.2) is 42.5 Å². The van der Waals surface area contributed by atoms with Crippen LogP contribution in [-0.4, -0.2) is 57.2 Å². The predicted octanol–water partition coefficient (Wildman–Crippen LogP) is 3.74. The zero-order valence-corrected chi connectivity index (χ0v) is 20.2. The lowest BCUT2D eigenvalue weighted by molar-refractivity contribution is 0.102. The zero-order valence-electron chi connectivity index (χ0n) is 20.2. The molecule has 1 aliphatic heterocycles. The minimum absolute atomic E-state index is 0.215. The molecule has 2 aromatic carbocycles. The number of fused-ring (bicyclic) bond motifs is 4. The van der Waals surface area contributed by atoms with Crippen molar-refractivity contribution in [3.05, 3.63) is 53.7 Å². The van der Waals surface area contributed by atoms with Gasteiger partial charge in [0.05, 0.1) is 27.8 Å². The first-order valence-electron chi connectivity index (χ1n) is 11.7. The number of anilines is 1. The highest BCUT2D eigenvalue weighted by Crippen LogP contribution is 2.38. The molecule has 0 spiro atoms. The Morgan fingerprint density at radius 1 is 1.21 bits per heavy atom. The Balaban J connectivity index is 1.50. The molecule has 1 amide bonds. The van der Waals surface area contributed by atoms with Gasteiger partial charge in [-0.05, 0) is 71.2 Å². The van der Waals surface area contributed by atoms with Gasteiger partial charge < -0.3 is 24.5 Å². The number of aromatic nitrogens is 3. The van der Waals surface area contributed by atoms with Gasteiger partial charge in [0.1, 0.15) is 5.75 Å². The van der Waals surface area contributed by atoms with E-state index in [9.17, 15) is 9.90 Å². The van der Waals surface area contributed by atoms with Gasteiger partial charge in [-0.15, -0.1) is 0 Å². The largest absolute Gasteiger partial charge is 0.505 e. The number of nitrogens with one attached hydrogen (secondary N) is 2. The second-order valence-corrected chi connectivity index (χ2v) is 9.97. The average molecular weight is 461 g/mol. The molecule has 8 nitrogen and oxygen atoms in total. The third-order valence-corrected chi connectivity index (χ3v) is 6.62. The molecule has 0 bridgehead atoms.